The van der Waals surface area contributed by atoms with Gasteiger partial charge in [0.2, 0.25) is 0 Å². The summed E-state index contributed by atoms with van der Waals surface area (Å²) in [6.45, 7) is 4.68. The molecule has 0 aromatic rings. The maximum Gasteiger partial charge on any atom is 0.104 e. The fourth-order valence-electron chi connectivity index (χ4n) is 3.93. The van der Waals surface area contributed by atoms with Crippen LogP contribution in [0.1, 0.15) is 58.3 Å². The molecule has 0 aromatic heterocycles. The van der Waals surface area contributed by atoms with Gasteiger partial charge in [-0.25, -0.2) is 0 Å². The highest BCUT2D eigenvalue weighted by atomic mass is 15.2. The van der Waals surface area contributed by atoms with E-state index in [0.717, 1.165) is 18.4 Å². The number of likely N-dealkylation sites (tertiary alicyclic amines) is 1. The van der Waals surface area contributed by atoms with E-state index < -0.39 is 0 Å². The summed E-state index contributed by atoms with van der Waals surface area (Å²) in [7, 11) is 0. The quantitative estimate of drug-likeness (QED) is 0.716. The van der Waals surface area contributed by atoms with E-state index in [2.05, 4.69) is 23.2 Å². The number of nitrogens with one attached hydrogen (secondary N) is 1. The van der Waals surface area contributed by atoms with Crippen molar-refractivity contribution in [3.63, 3.8) is 0 Å². The zero-order chi connectivity index (χ0) is 13.3. The van der Waals surface area contributed by atoms with E-state index in [0.29, 0.717) is 6.04 Å². The first-order valence-corrected chi connectivity index (χ1v) is 8.11. The number of hydrogen-bond donors (Lipinski definition) is 1. The molecule has 2 saturated carbocycles. The Kier molecular flexibility index (Phi) is 3.82. The summed E-state index contributed by atoms with van der Waals surface area (Å²) < 4.78 is 0. The van der Waals surface area contributed by atoms with Crippen LogP contribution in [-0.4, -0.2) is 35.6 Å². The van der Waals surface area contributed by atoms with Crippen molar-refractivity contribution < 1.29 is 0 Å². The molecule has 2 aliphatic carbocycles. The highest BCUT2D eigenvalue weighted by molar-refractivity contribution is 5.07. The van der Waals surface area contributed by atoms with Crippen molar-refractivity contribution in [2.45, 2.75) is 75.9 Å². The minimum Gasteiger partial charge on any atom is -0.300 e. The molecule has 1 aliphatic heterocycles. The third kappa shape index (κ3) is 3.30. The van der Waals surface area contributed by atoms with Gasteiger partial charge in [0, 0.05) is 18.6 Å². The predicted octanol–water partition coefficient (Wildman–Crippen LogP) is 2.68. The summed E-state index contributed by atoms with van der Waals surface area (Å²) in [6.07, 6.45) is 10.3. The van der Waals surface area contributed by atoms with Crippen molar-refractivity contribution in [1.29, 1.82) is 5.26 Å². The number of nitrogens with zero attached hydrogens (tertiary/aromatic N) is 2. The standard InChI is InChI=1S/C16H27N3/c1-16(12-17,18-14-5-6-14)8-2-3-9-19-11-13-4-7-15(19)10-13/h13-15,18H,2-11H2,1H3. The van der Waals surface area contributed by atoms with Gasteiger partial charge in [0.25, 0.3) is 0 Å². The van der Waals surface area contributed by atoms with Crippen molar-refractivity contribution in [3.8, 4) is 6.07 Å². The average molecular weight is 261 g/mol. The number of unbranched alkanes of at least 4 members (excludes halogenated alkanes) is 1. The van der Waals surface area contributed by atoms with Gasteiger partial charge in [-0.05, 0) is 70.8 Å². The summed E-state index contributed by atoms with van der Waals surface area (Å²) in [4.78, 5) is 2.70. The lowest BCUT2D eigenvalue weighted by molar-refractivity contribution is 0.207. The van der Waals surface area contributed by atoms with E-state index in [4.69, 9.17) is 0 Å². The summed E-state index contributed by atoms with van der Waals surface area (Å²) in [6, 6.07) is 4.00. The van der Waals surface area contributed by atoms with Crippen LogP contribution in [0.25, 0.3) is 0 Å². The molecule has 3 nitrogen and oxygen atoms in total. The molecule has 3 fully saturated rings. The molecule has 0 aromatic carbocycles. The largest absolute Gasteiger partial charge is 0.300 e. The fraction of sp³-hybridized carbons (Fsp3) is 0.938. The van der Waals surface area contributed by atoms with Crippen LogP contribution in [-0.2, 0) is 0 Å². The molecule has 0 radical (unpaired) electrons. The maximum absolute atomic E-state index is 9.34. The molecule has 3 unspecified atom stereocenters. The van der Waals surface area contributed by atoms with Crippen molar-refractivity contribution in [2.24, 2.45) is 5.92 Å². The molecular formula is C16H27N3. The van der Waals surface area contributed by atoms with Gasteiger partial charge in [-0.15, -0.1) is 0 Å². The van der Waals surface area contributed by atoms with Gasteiger partial charge >= 0.3 is 0 Å². The Hall–Kier alpha value is -0.590. The van der Waals surface area contributed by atoms with Gasteiger partial charge in [-0.3, -0.25) is 5.32 Å². The molecule has 19 heavy (non-hydrogen) atoms. The molecular weight excluding hydrogens is 234 g/mol. The average Bonchev–Trinajstić information content (AvgIpc) is 2.97. The van der Waals surface area contributed by atoms with E-state index in [1.54, 1.807) is 0 Å². The second-order valence-electron chi connectivity index (χ2n) is 7.15. The molecule has 3 aliphatic rings. The van der Waals surface area contributed by atoms with Gasteiger partial charge in [0.05, 0.1) is 6.07 Å². The summed E-state index contributed by atoms with van der Waals surface area (Å²) in [5.74, 6) is 1.01. The number of hydrogen-bond acceptors (Lipinski definition) is 3. The third-order valence-electron chi connectivity index (χ3n) is 5.24. The van der Waals surface area contributed by atoms with Crippen LogP contribution in [0.3, 0.4) is 0 Å². The van der Waals surface area contributed by atoms with Gasteiger partial charge in [-0.1, -0.05) is 0 Å². The maximum atomic E-state index is 9.34. The first kappa shape index (κ1) is 13.4. The Morgan fingerprint density at radius 2 is 2.11 bits per heavy atom. The lowest BCUT2D eigenvalue weighted by Crippen LogP contribution is -2.42. The Labute approximate surface area is 117 Å². The number of piperidine rings is 1. The van der Waals surface area contributed by atoms with Crippen LogP contribution in [0.4, 0.5) is 0 Å². The smallest absolute Gasteiger partial charge is 0.104 e. The third-order valence-corrected chi connectivity index (χ3v) is 5.24. The van der Waals surface area contributed by atoms with Crippen LogP contribution >= 0.6 is 0 Å². The fourth-order valence-corrected chi connectivity index (χ4v) is 3.93. The van der Waals surface area contributed by atoms with Crippen molar-refractivity contribution in [2.75, 3.05) is 13.1 Å². The minimum absolute atomic E-state index is 0.287. The van der Waals surface area contributed by atoms with Gasteiger partial charge in [0.1, 0.15) is 5.54 Å². The second-order valence-corrected chi connectivity index (χ2v) is 7.15. The van der Waals surface area contributed by atoms with Gasteiger partial charge < -0.3 is 4.90 Å². The van der Waals surface area contributed by atoms with Crippen molar-refractivity contribution >= 4 is 0 Å². The number of rotatable bonds is 7. The van der Waals surface area contributed by atoms with E-state index in [9.17, 15) is 5.26 Å². The van der Waals surface area contributed by atoms with E-state index in [1.165, 1.54) is 58.0 Å². The number of fused-ring (bicyclic) bond motifs is 2. The first-order chi connectivity index (χ1) is 9.18. The molecule has 1 N–H and O–H groups in total. The lowest BCUT2D eigenvalue weighted by Gasteiger charge is -2.27. The molecule has 3 heteroatoms. The van der Waals surface area contributed by atoms with Crippen LogP contribution in [0.15, 0.2) is 0 Å². The van der Waals surface area contributed by atoms with E-state index in [-0.39, 0.29) is 5.54 Å². The topological polar surface area (TPSA) is 39.1 Å². The molecule has 1 heterocycles. The monoisotopic (exact) mass is 261 g/mol. The Morgan fingerprint density at radius 1 is 1.26 bits per heavy atom. The predicted molar refractivity (Wildman–Crippen MR) is 76.7 cm³/mol. The van der Waals surface area contributed by atoms with Crippen molar-refractivity contribution in [1.82, 2.24) is 10.2 Å². The molecule has 0 amide bonds. The van der Waals surface area contributed by atoms with E-state index >= 15 is 0 Å². The van der Waals surface area contributed by atoms with Crippen LogP contribution in [0.5, 0.6) is 0 Å². The zero-order valence-corrected chi connectivity index (χ0v) is 12.2. The summed E-state index contributed by atoms with van der Waals surface area (Å²) >= 11 is 0. The Morgan fingerprint density at radius 3 is 2.68 bits per heavy atom. The zero-order valence-electron chi connectivity index (χ0n) is 12.2. The van der Waals surface area contributed by atoms with E-state index in [1.807, 2.05) is 0 Å². The molecule has 0 spiro atoms. The molecule has 2 bridgehead atoms. The van der Waals surface area contributed by atoms with Crippen LogP contribution < -0.4 is 5.32 Å². The SMILES string of the molecule is CC(C#N)(CCCCN1CC2CCC1C2)NC1CC1. The molecule has 1 saturated heterocycles. The Balaban J connectivity index is 1.34. The number of nitriles is 1. The highest BCUT2D eigenvalue weighted by Crippen LogP contribution is 2.37. The molecule has 3 rings (SSSR count). The molecule has 106 valence electrons. The van der Waals surface area contributed by atoms with Gasteiger partial charge in [0.15, 0.2) is 0 Å². The lowest BCUT2D eigenvalue weighted by atomic mass is 9.96. The highest BCUT2D eigenvalue weighted by Gasteiger charge is 2.37. The normalized spacial score (nSPS) is 33.3. The Bertz CT molecular complexity index is 357. The summed E-state index contributed by atoms with van der Waals surface area (Å²) in [5, 5.41) is 12.8. The molecule has 3 atom stereocenters. The summed E-state index contributed by atoms with van der Waals surface area (Å²) in [5.41, 5.74) is -0.287. The van der Waals surface area contributed by atoms with Gasteiger partial charge in [-0.2, -0.15) is 5.26 Å². The first-order valence-electron chi connectivity index (χ1n) is 8.11. The second kappa shape index (κ2) is 5.42. The van der Waals surface area contributed by atoms with Crippen LogP contribution in [0.2, 0.25) is 0 Å². The minimum atomic E-state index is -0.287. The van der Waals surface area contributed by atoms with Crippen LogP contribution in [0, 0.1) is 17.2 Å². The van der Waals surface area contributed by atoms with Crippen molar-refractivity contribution in [3.05, 3.63) is 0 Å².